The van der Waals surface area contributed by atoms with E-state index in [4.69, 9.17) is 4.42 Å². The monoisotopic (exact) mass is 338 g/mol. The zero-order chi connectivity index (χ0) is 16.6. The molecule has 0 unspecified atom stereocenters. The summed E-state index contributed by atoms with van der Waals surface area (Å²) in [5, 5.41) is 19.1. The Hall–Kier alpha value is -1.58. The van der Waals surface area contributed by atoms with Gasteiger partial charge >= 0.3 is 0 Å². The molecule has 0 aliphatic carbocycles. The highest BCUT2D eigenvalue weighted by atomic mass is 32.1. The molecule has 1 saturated heterocycles. The summed E-state index contributed by atoms with van der Waals surface area (Å²) in [4.78, 5) is 8.71. The van der Waals surface area contributed by atoms with Crippen LogP contribution in [-0.4, -0.2) is 61.8 Å². The van der Waals surface area contributed by atoms with Gasteiger partial charge in [-0.05, 0) is 7.05 Å². The van der Waals surface area contributed by atoms with Gasteiger partial charge in [0.1, 0.15) is 5.82 Å². The van der Waals surface area contributed by atoms with Gasteiger partial charge in [0.15, 0.2) is 0 Å². The van der Waals surface area contributed by atoms with Gasteiger partial charge in [-0.3, -0.25) is 4.90 Å². The molecule has 0 saturated carbocycles. The summed E-state index contributed by atoms with van der Waals surface area (Å²) in [6.07, 6.45) is -0.449. The van der Waals surface area contributed by atoms with Gasteiger partial charge in [0, 0.05) is 37.5 Å². The van der Waals surface area contributed by atoms with Gasteiger partial charge in [-0.2, -0.15) is 4.37 Å². The lowest BCUT2D eigenvalue weighted by Gasteiger charge is -2.24. The molecule has 1 fully saturated rings. The highest BCUT2D eigenvalue weighted by Crippen LogP contribution is 2.27. The first-order valence-corrected chi connectivity index (χ1v) is 8.47. The number of hydrogen-bond acceptors (Lipinski definition) is 9. The fourth-order valence-corrected chi connectivity index (χ4v) is 3.51. The normalized spacial score (nSPS) is 21.8. The number of aliphatic hydroxyl groups is 1. The summed E-state index contributed by atoms with van der Waals surface area (Å²) in [6, 6.07) is -0.00592. The van der Waals surface area contributed by atoms with Crippen LogP contribution in [0.15, 0.2) is 4.42 Å². The lowest BCUT2D eigenvalue weighted by molar-refractivity contribution is 0.0903. The Morgan fingerprint density at radius 3 is 2.78 bits per heavy atom. The van der Waals surface area contributed by atoms with Gasteiger partial charge in [-0.25, -0.2) is 4.98 Å². The molecular weight excluding hydrogens is 316 g/mol. The van der Waals surface area contributed by atoms with E-state index in [2.05, 4.69) is 38.3 Å². The Balaban J connectivity index is 1.65. The van der Waals surface area contributed by atoms with Crippen molar-refractivity contribution in [2.45, 2.75) is 45.4 Å². The van der Waals surface area contributed by atoms with Crippen molar-refractivity contribution in [3.8, 4) is 0 Å². The van der Waals surface area contributed by atoms with Crippen molar-refractivity contribution in [2.24, 2.45) is 0 Å². The number of hydrogen-bond donors (Lipinski definition) is 1. The summed E-state index contributed by atoms with van der Waals surface area (Å²) in [5.41, 5.74) is 0. The van der Waals surface area contributed by atoms with Crippen molar-refractivity contribution in [1.29, 1.82) is 0 Å². The van der Waals surface area contributed by atoms with Gasteiger partial charge in [-0.1, -0.05) is 13.8 Å². The zero-order valence-corrected chi connectivity index (χ0v) is 14.6. The lowest BCUT2D eigenvalue weighted by Crippen LogP contribution is -2.40. The van der Waals surface area contributed by atoms with Crippen molar-refractivity contribution in [3.05, 3.63) is 17.6 Å². The van der Waals surface area contributed by atoms with E-state index in [1.165, 1.54) is 11.5 Å². The Morgan fingerprint density at radius 1 is 1.39 bits per heavy atom. The predicted octanol–water partition coefficient (Wildman–Crippen LogP) is 1.03. The summed E-state index contributed by atoms with van der Waals surface area (Å²) >= 11 is 1.39. The van der Waals surface area contributed by atoms with Crippen LogP contribution in [0.25, 0.3) is 0 Å². The minimum Gasteiger partial charge on any atom is -0.424 e. The first kappa shape index (κ1) is 16.3. The van der Waals surface area contributed by atoms with Gasteiger partial charge in [0.2, 0.25) is 16.9 Å². The lowest BCUT2D eigenvalue weighted by atomic mass is 10.2. The smallest absolute Gasteiger partial charge is 0.230 e. The highest BCUT2D eigenvalue weighted by molar-refractivity contribution is 7.09. The first-order chi connectivity index (χ1) is 10.9. The molecule has 9 heteroatoms. The van der Waals surface area contributed by atoms with E-state index in [9.17, 15) is 5.11 Å². The summed E-state index contributed by atoms with van der Waals surface area (Å²) in [5.74, 6) is 2.29. The zero-order valence-electron chi connectivity index (χ0n) is 13.8. The van der Waals surface area contributed by atoms with Crippen LogP contribution in [0.2, 0.25) is 0 Å². The van der Waals surface area contributed by atoms with Crippen LogP contribution in [0, 0.1) is 6.92 Å². The van der Waals surface area contributed by atoms with Crippen molar-refractivity contribution < 1.29 is 9.52 Å². The Bertz CT molecular complexity index is 657. The predicted molar refractivity (Wildman–Crippen MR) is 86.5 cm³/mol. The topological polar surface area (TPSA) is 91.4 Å². The SMILES string of the molecule is Cc1nnc(CN(C)[C@@H]2CN(c3nc(C(C)C)ns3)C[C@H]2O)o1. The van der Waals surface area contributed by atoms with E-state index in [1.54, 1.807) is 6.92 Å². The molecule has 1 N–H and O–H groups in total. The average molecular weight is 338 g/mol. The van der Waals surface area contributed by atoms with E-state index in [0.717, 1.165) is 11.0 Å². The number of aromatic nitrogens is 4. The highest BCUT2D eigenvalue weighted by Gasteiger charge is 2.36. The second-order valence-electron chi connectivity index (χ2n) is 6.26. The second-order valence-corrected chi connectivity index (χ2v) is 6.99. The number of nitrogens with zero attached hydrogens (tertiary/aromatic N) is 6. The maximum Gasteiger partial charge on any atom is 0.230 e. The molecule has 0 spiro atoms. The molecule has 8 nitrogen and oxygen atoms in total. The molecule has 1 aliphatic rings. The van der Waals surface area contributed by atoms with Gasteiger partial charge in [0.05, 0.1) is 18.7 Å². The number of aryl methyl sites for hydroxylation is 1. The molecule has 23 heavy (non-hydrogen) atoms. The summed E-state index contributed by atoms with van der Waals surface area (Å²) < 4.78 is 9.80. The number of rotatable bonds is 5. The van der Waals surface area contributed by atoms with Crippen LogP contribution < -0.4 is 4.90 Å². The molecule has 0 radical (unpaired) electrons. The van der Waals surface area contributed by atoms with Crippen molar-refractivity contribution in [2.75, 3.05) is 25.0 Å². The van der Waals surface area contributed by atoms with E-state index < -0.39 is 6.10 Å². The molecule has 2 aromatic rings. The molecule has 1 aliphatic heterocycles. The first-order valence-electron chi connectivity index (χ1n) is 7.70. The van der Waals surface area contributed by atoms with Crippen LogP contribution in [0.4, 0.5) is 5.13 Å². The number of likely N-dealkylation sites (N-methyl/N-ethyl adjacent to an activating group) is 1. The minimum atomic E-state index is -0.449. The Labute approximate surface area is 139 Å². The standard InChI is InChI=1S/C14H22N6O2S/c1-8(2)13-15-14(23-18-13)20-5-10(11(21)6-20)19(4)7-12-17-16-9(3)22-12/h8,10-11,21H,5-7H2,1-4H3/t10-,11-/m1/s1. The Morgan fingerprint density at radius 2 is 2.17 bits per heavy atom. The van der Waals surface area contributed by atoms with E-state index in [1.807, 2.05) is 11.9 Å². The number of aliphatic hydroxyl groups excluding tert-OH is 1. The molecule has 3 heterocycles. The van der Waals surface area contributed by atoms with Gasteiger partial charge < -0.3 is 14.4 Å². The van der Waals surface area contributed by atoms with E-state index in [-0.39, 0.29) is 6.04 Å². The van der Waals surface area contributed by atoms with Crippen molar-refractivity contribution >= 4 is 16.7 Å². The molecule has 2 aromatic heterocycles. The maximum absolute atomic E-state index is 10.4. The maximum atomic E-state index is 10.4. The van der Waals surface area contributed by atoms with E-state index in [0.29, 0.717) is 37.3 Å². The Kier molecular flexibility index (Phi) is 4.60. The van der Waals surface area contributed by atoms with Crippen molar-refractivity contribution in [3.63, 3.8) is 0 Å². The van der Waals surface area contributed by atoms with Gasteiger partial charge in [-0.15, -0.1) is 10.2 Å². The van der Waals surface area contributed by atoms with Gasteiger partial charge in [0.25, 0.3) is 0 Å². The van der Waals surface area contributed by atoms with Crippen LogP contribution in [0.3, 0.4) is 0 Å². The molecule has 3 rings (SSSR count). The van der Waals surface area contributed by atoms with Crippen LogP contribution >= 0.6 is 11.5 Å². The minimum absolute atomic E-state index is 0.00592. The molecule has 2 atom stereocenters. The summed E-state index contributed by atoms with van der Waals surface area (Å²) in [7, 11) is 1.95. The molecule has 126 valence electrons. The summed E-state index contributed by atoms with van der Waals surface area (Å²) in [6.45, 7) is 7.71. The third kappa shape index (κ3) is 3.51. The van der Waals surface area contributed by atoms with Crippen LogP contribution in [0.5, 0.6) is 0 Å². The third-order valence-electron chi connectivity index (χ3n) is 4.00. The molecule has 0 amide bonds. The molecular formula is C14H22N6O2S. The number of anilines is 1. The quantitative estimate of drug-likeness (QED) is 0.864. The molecule has 0 bridgehead atoms. The molecule has 0 aromatic carbocycles. The third-order valence-corrected chi connectivity index (χ3v) is 4.79. The van der Waals surface area contributed by atoms with Crippen molar-refractivity contribution in [1.82, 2.24) is 24.5 Å². The van der Waals surface area contributed by atoms with E-state index >= 15 is 0 Å². The average Bonchev–Trinajstić information content (AvgIpc) is 3.18. The second kappa shape index (κ2) is 6.50. The van der Waals surface area contributed by atoms with Crippen LogP contribution in [-0.2, 0) is 6.54 Å². The largest absolute Gasteiger partial charge is 0.424 e. The number of β-amino-alcohol motifs (C(OH)–C–C–N with tert-alkyl or cyclic N) is 1. The van der Waals surface area contributed by atoms with Crippen LogP contribution in [0.1, 0.15) is 37.4 Å². The fraction of sp³-hybridized carbons (Fsp3) is 0.714. The fourth-order valence-electron chi connectivity index (χ4n) is 2.68.